The third-order valence-corrected chi connectivity index (χ3v) is 3.99. The third kappa shape index (κ3) is 4.61. The largest absolute Gasteiger partial charge is 0.448 e. The lowest BCUT2D eigenvalue weighted by molar-refractivity contribution is -0.137. The van der Waals surface area contributed by atoms with E-state index in [0.717, 1.165) is 12.1 Å². The van der Waals surface area contributed by atoms with Crippen LogP contribution in [0.25, 0.3) is 0 Å². The Morgan fingerprint density at radius 1 is 1.33 bits per heavy atom. The number of aliphatic hydroxyl groups is 1. The number of cyclic esters (lactones) is 1. The van der Waals surface area contributed by atoms with Gasteiger partial charge in [-0.1, -0.05) is 12.1 Å². The predicted octanol–water partition coefficient (Wildman–Crippen LogP) is 2.30. The van der Waals surface area contributed by atoms with E-state index in [-0.39, 0.29) is 18.2 Å². The minimum atomic E-state index is -4.45. The molecule has 0 saturated carbocycles. The van der Waals surface area contributed by atoms with E-state index >= 15 is 0 Å². The lowest BCUT2D eigenvalue weighted by Gasteiger charge is -2.30. The molecule has 2 rings (SSSR count). The van der Waals surface area contributed by atoms with Crippen molar-refractivity contribution in [3.8, 4) is 0 Å². The van der Waals surface area contributed by atoms with Crippen LogP contribution in [0.2, 0.25) is 0 Å². The molecule has 0 aromatic heterocycles. The maximum atomic E-state index is 12.8. The van der Waals surface area contributed by atoms with Crippen LogP contribution in [0.3, 0.4) is 0 Å². The van der Waals surface area contributed by atoms with Crippen molar-refractivity contribution >= 4 is 6.09 Å². The summed E-state index contributed by atoms with van der Waals surface area (Å²) in [6.07, 6.45) is -4.82. The molecule has 1 unspecified atom stereocenters. The lowest BCUT2D eigenvalue weighted by atomic mass is 9.93. The molecule has 1 aromatic rings. The van der Waals surface area contributed by atoms with Gasteiger partial charge in [0.15, 0.2) is 0 Å². The Bertz CT molecular complexity index is 590. The number of hydrogen-bond acceptors (Lipinski definition) is 4. The number of amides is 1. The fraction of sp³-hybridized carbons (Fsp3) is 0.562. The van der Waals surface area contributed by atoms with E-state index in [1.165, 1.54) is 19.1 Å². The van der Waals surface area contributed by atoms with Gasteiger partial charge >= 0.3 is 12.3 Å². The van der Waals surface area contributed by atoms with Gasteiger partial charge in [0.1, 0.15) is 6.61 Å². The number of alkyl halides is 3. The fourth-order valence-electron chi connectivity index (χ4n) is 2.65. The third-order valence-electron chi connectivity index (χ3n) is 3.99. The number of benzene rings is 1. The quantitative estimate of drug-likeness (QED) is 0.859. The maximum absolute atomic E-state index is 12.8. The molecule has 1 N–H and O–H groups in total. The molecular formula is C16H21F3N2O3. The molecule has 24 heavy (non-hydrogen) atoms. The van der Waals surface area contributed by atoms with Crippen LogP contribution in [0.4, 0.5) is 18.0 Å². The molecule has 1 amide bonds. The zero-order valence-corrected chi connectivity index (χ0v) is 13.6. The molecule has 1 heterocycles. The highest BCUT2D eigenvalue weighted by Crippen LogP contribution is 2.32. The maximum Gasteiger partial charge on any atom is 0.416 e. The normalized spacial score (nSPS) is 18.0. The van der Waals surface area contributed by atoms with Gasteiger partial charge < -0.3 is 19.6 Å². The highest BCUT2D eigenvalue weighted by Gasteiger charge is 2.33. The summed E-state index contributed by atoms with van der Waals surface area (Å²) in [5.41, 5.74) is -2.03. The van der Waals surface area contributed by atoms with Crippen LogP contribution in [-0.2, 0) is 16.5 Å². The SMILES string of the molecule is CN(CCN1CCOC1=O)CC(C)(O)c1cccc(C(F)(F)F)c1. The summed E-state index contributed by atoms with van der Waals surface area (Å²) in [6.45, 7) is 3.42. The molecular weight excluding hydrogens is 325 g/mol. The van der Waals surface area contributed by atoms with Gasteiger partial charge in [-0.25, -0.2) is 4.79 Å². The van der Waals surface area contributed by atoms with Crippen LogP contribution in [0.15, 0.2) is 24.3 Å². The van der Waals surface area contributed by atoms with Gasteiger partial charge in [0, 0.05) is 19.6 Å². The summed E-state index contributed by atoms with van der Waals surface area (Å²) < 4.78 is 43.2. The van der Waals surface area contributed by atoms with E-state index < -0.39 is 17.3 Å². The molecule has 0 bridgehead atoms. The molecule has 5 nitrogen and oxygen atoms in total. The number of rotatable bonds is 6. The summed E-state index contributed by atoms with van der Waals surface area (Å²) in [4.78, 5) is 14.7. The molecule has 8 heteroatoms. The van der Waals surface area contributed by atoms with Crippen molar-refractivity contribution in [1.29, 1.82) is 0 Å². The van der Waals surface area contributed by atoms with Crippen molar-refractivity contribution in [2.75, 3.05) is 39.8 Å². The zero-order chi connectivity index (χ0) is 18.0. The standard InChI is InChI=1S/C16H21F3N2O3/c1-15(23,12-4-3-5-13(10-12)16(17,18)19)11-20(2)6-7-21-8-9-24-14(21)22/h3-5,10,23H,6-9,11H2,1-2H3. The molecule has 1 aromatic carbocycles. The van der Waals surface area contributed by atoms with Crippen LogP contribution in [0, 0.1) is 0 Å². The van der Waals surface area contributed by atoms with Crippen molar-refractivity contribution in [2.45, 2.75) is 18.7 Å². The summed E-state index contributed by atoms with van der Waals surface area (Å²) in [5, 5.41) is 10.6. The zero-order valence-electron chi connectivity index (χ0n) is 13.6. The second kappa shape index (κ2) is 6.98. The number of ether oxygens (including phenoxy) is 1. The molecule has 1 atom stereocenters. The highest BCUT2D eigenvalue weighted by molar-refractivity contribution is 5.69. The van der Waals surface area contributed by atoms with Crippen molar-refractivity contribution in [3.63, 3.8) is 0 Å². The van der Waals surface area contributed by atoms with Gasteiger partial charge in [-0.3, -0.25) is 0 Å². The smallest absolute Gasteiger partial charge is 0.416 e. The van der Waals surface area contributed by atoms with Crippen molar-refractivity contribution < 1.29 is 27.8 Å². The first-order valence-electron chi connectivity index (χ1n) is 7.60. The first kappa shape index (κ1) is 18.5. The van der Waals surface area contributed by atoms with E-state index in [4.69, 9.17) is 4.74 Å². The second-order valence-electron chi connectivity index (χ2n) is 6.19. The minimum Gasteiger partial charge on any atom is -0.448 e. The van der Waals surface area contributed by atoms with E-state index in [0.29, 0.717) is 26.2 Å². The van der Waals surface area contributed by atoms with Gasteiger partial charge in [-0.2, -0.15) is 13.2 Å². The Morgan fingerprint density at radius 2 is 2.00 bits per heavy atom. The molecule has 1 fully saturated rings. The molecule has 0 spiro atoms. The van der Waals surface area contributed by atoms with Gasteiger partial charge in [0.05, 0.1) is 17.7 Å². The topological polar surface area (TPSA) is 53.0 Å². The van der Waals surface area contributed by atoms with E-state index in [9.17, 15) is 23.1 Å². The summed E-state index contributed by atoms with van der Waals surface area (Å²) >= 11 is 0. The minimum absolute atomic E-state index is 0.136. The molecule has 1 aliphatic rings. The second-order valence-corrected chi connectivity index (χ2v) is 6.19. The Labute approximate surface area is 138 Å². The first-order valence-corrected chi connectivity index (χ1v) is 7.60. The number of likely N-dealkylation sites (N-methyl/N-ethyl adjacent to an activating group) is 1. The number of carbonyl (C=O) groups is 1. The van der Waals surface area contributed by atoms with Crippen LogP contribution in [0.5, 0.6) is 0 Å². The van der Waals surface area contributed by atoms with Crippen molar-refractivity contribution in [1.82, 2.24) is 9.80 Å². The Morgan fingerprint density at radius 3 is 2.58 bits per heavy atom. The number of halogens is 3. The molecule has 134 valence electrons. The fourth-order valence-corrected chi connectivity index (χ4v) is 2.65. The predicted molar refractivity (Wildman–Crippen MR) is 81.4 cm³/mol. The summed E-state index contributed by atoms with van der Waals surface area (Å²) in [7, 11) is 1.74. The van der Waals surface area contributed by atoms with Crippen molar-refractivity contribution in [3.05, 3.63) is 35.4 Å². The Kier molecular flexibility index (Phi) is 5.39. The van der Waals surface area contributed by atoms with Crippen LogP contribution < -0.4 is 0 Å². The van der Waals surface area contributed by atoms with E-state index in [1.54, 1.807) is 16.8 Å². The van der Waals surface area contributed by atoms with Gasteiger partial charge in [0.25, 0.3) is 0 Å². The van der Waals surface area contributed by atoms with Gasteiger partial charge in [-0.05, 0) is 31.7 Å². The highest BCUT2D eigenvalue weighted by atomic mass is 19.4. The molecule has 0 radical (unpaired) electrons. The monoisotopic (exact) mass is 346 g/mol. The lowest BCUT2D eigenvalue weighted by Crippen LogP contribution is -2.41. The molecule has 1 aliphatic heterocycles. The average molecular weight is 346 g/mol. The van der Waals surface area contributed by atoms with E-state index in [2.05, 4.69) is 0 Å². The van der Waals surface area contributed by atoms with Crippen molar-refractivity contribution in [2.24, 2.45) is 0 Å². The summed E-state index contributed by atoms with van der Waals surface area (Å²) in [5.74, 6) is 0. The van der Waals surface area contributed by atoms with Gasteiger partial charge in [0.2, 0.25) is 0 Å². The molecule has 0 aliphatic carbocycles. The van der Waals surface area contributed by atoms with Crippen LogP contribution in [-0.4, -0.2) is 60.8 Å². The number of hydrogen-bond donors (Lipinski definition) is 1. The average Bonchev–Trinajstić information content (AvgIpc) is 2.89. The van der Waals surface area contributed by atoms with E-state index in [1.807, 2.05) is 0 Å². The Hall–Kier alpha value is -1.80. The molecule has 1 saturated heterocycles. The van der Waals surface area contributed by atoms with Crippen LogP contribution in [0.1, 0.15) is 18.1 Å². The first-order chi connectivity index (χ1) is 11.1. The summed E-state index contributed by atoms with van der Waals surface area (Å²) in [6, 6.07) is 4.70. The number of carbonyl (C=O) groups excluding carboxylic acids is 1. The van der Waals surface area contributed by atoms with Crippen LogP contribution >= 0.6 is 0 Å². The number of nitrogens with zero attached hydrogens (tertiary/aromatic N) is 2. The Balaban J connectivity index is 1.98. The van der Waals surface area contributed by atoms with Gasteiger partial charge in [-0.15, -0.1) is 0 Å².